The van der Waals surface area contributed by atoms with Crippen LogP contribution >= 0.6 is 7.26 Å². The summed E-state index contributed by atoms with van der Waals surface area (Å²) in [5, 5.41) is 13.4. The number of H-pyrrole nitrogens is 1. The number of hydrogen-bond donors (Lipinski definition) is 3. The molecule has 0 spiro atoms. The third-order valence-corrected chi connectivity index (χ3v) is 22.4. The van der Waals surface area contributed by atoms with Gasteiger partial charge < -0.3 is 24.3 Å². The van der Waals surface area contributed by atoms with Gasteiger partial charge in [0.2, 0.25) is 14.2 Å². The van der Waals surface area contributed by atoms with Crippen LogP contribution < -0.4 is 16.6 Å². The second-order valence-corrected chi connectivity index (χ2v) is 26.0. The summed E-state index contributed by atoms with van der Waals surface area (Å²) in [6.45, 7) is 19.5. The first-order valence-electron chi connectivity index (χ1n) is 20.7. The van der Waals surface area contributed by atoms with Gasteiger partial charge in [-0.25, -0.2) is 4.79 Å². The molecule has 54 heavy (non-hydrogen) atoms. The SMILES string of the molecule is CCCC[P+](CCCC)(CCCC)CCCNC(=O)CCC(=O)CCC(=O)OC1[C@@H](CO)O[C@@H](n2ccc(=O)[nH]c2=O)[C@H]1O[Si](C(C)C)(C(C)C)C(C)C. The van der Waals surface area contributed by atoms with Crippen LogP contribution in [0, 0.1) is 0 Å². The number of hydrogen-bond acceptors (Lipinski definition) is 9. The molecule has 1 saturated heterocycles. The quantitative estimate of drug-likeness (QED) is 0.0370. The normalized spacial score (nSPS) is 19.2. The molecule has 0 aromatic carbocycles. The number of aromatic amines is 1. The number of esters is 1. The van der Waals surface area contributed by atoms with Crippen LogP contribution in [0.15, 0.2) is 21.9 Å². The Morgan fingerprint density at radius 2 is 1.39 bits per heavy atom. The predicted octanol–water partition coefficient (Wildman–Crippen LogP) is 6.95. The second-order valence-electron chi connectivity index (χ2n) is 16.2. The Morgan fingerprint density at radius 1 is 0.852 bits per heavy atom. The number of aromatic nitrogens is 2. The van der Waals surface area contributed by atoms with Gasteiger partial charge in [0.25, 0.3) is 5.56 Å². The van der Waals surface area contributed by atoms with Crippen molar-refractivity contribution >= 4 is 33.2 Å². The molecule has 310 valence electrons. The lowest BCUT2D eigenvalue weighted by molar-refractivity contribution is -0.157. The van der Waals surface area contributed by atoms with Crippen molar-refractivity contribution in [2.24, 2.45) is 0 Å². The highest BCUT2D eigenvalue weighted by Gasteiger charge is 2.55. The highest BCUT2D eigenvalue weighted by molar-refractivity contribution is 7.75. The molecule has 1 fully saturated rings. The molecule has 1 aliphatic heterocycles. The third kappa shape index (κ3) is 13.8. The number of amides is 1. The maximum Gasteiger partial charge on any atom is 0.330 e. The van der Waals surface area contributed by atoms with Gasteiger partial charge in [-0.1, -0.05) is 81.6 Å². The smallest absolute Gasteiger partial charge is 0.330 e. The van der Waals surface area contributed by atoms with E-state index in [4.69, 9.17) is 13.9 Å². The number of Topliss-reactive ketones (excluding diaryl/α,β-unsaturated/α-hetero) is 1. The van der Waals surface area contributed by atoms with Crippen molar-refractivity contribution in [1.29, 1.82) is 0 Å². The van der Waals surface area contributed by atoms with Crippen molar-refractivity contribution in [1.82, 2.24) is 14.9 Å². The minimum absolute atomic E-state index is 0.0274. The van der Waals surface area contributed by atoms with Crippen LogP contribution in [0.3, 0.4) is 0 Å². The topological polar surface area (TPSA) is 166 Å². The van der Waals surface area contributed by atoms with Crippen LogP contribution in [0.4, 0.5) is 0 Å². The number of ether oxygens (including phenoxy) is 2. The van der Waals surface area contributed by atoms with Gasteiger partial charge in [-0.2, -0.15) is 0 Å². The lowest BCUT2D eigenvalue weighted by atomic mass is 10.1. The van der Waals surface area contributed by atoms with E-state index in [-0.39, 0.29) is 54.0 Å². The summed E-state index contributed by atoms with van der Waals surface area (Å²) < 4.78 is 20.3. The van der Waals surface area contributed by atoms with E-state index in [1.165, 1.54) is 80.0 Å². The van der Waals surface area contributed by atoms with E-state index in [1.807, 2.05) is 0 Å². The van der Waals surface area contributed by atoms with Gasteiger partial charge in [-0.3, -0.25) is 28.7 Å². The number of carbonyl (C=O) groups excluding carboxylic acids is 3. The Kier molecular flexibility index (Phi) is 21.1. The molecule has 1 aromatic heterocycles. The van der Waals surface area contributed by atoms with Crippen LogP contribution in [0.2, 0.25) is 16.6 Å². The molecule has 12 nitrogen and oxygen atoms in total. The van der Waals surface area contributed by atoms with Gasteiger partial charge >= 0.3 is 11.7 Å². The second kappa shape index (κ2) is 23.8. The van der Waals surface area contributed by atoms with Crippen LogP contribution in [-0.4, -0.2) is 96.7 Å². The van der Waals surface area contributed by atoms with Gasteiger partial charge in [-0.15, -0.1) is 0 Å². The Bertz CT molecular complexity index is 1370. The molecule has 1 aromatic rings. The Labute approximate surface area is 325 Å². The molecule has 3 N–H and O–H groups in total. The maximum atomic E-state index is 13.3. The van der Waals surface area contributed by atoms with Crippen molar-refractivity contribution < 1.29 is 33.4 Å². The number of aliphatic hydroxyl groups excluding tert-OH is 1. The third-order valence-electron chi connectivity index (χ3n) is 11.2. The van der Waals surface area contributed by atoms with Crippen LogP contribution in [0.1, 0.15) is 139 Å². The summed E-state index contributed by atoms with van der Waals surface area (Å²) >= 11 is 0. The zero-order valence-corrected chi connectivity index (χ0v) is 36.7. The summed E-state index contributed by atoms with van der Waals surface area (Å²) in [5.74, 6) is -1.05. The number of unbranched alkanes of at least 4 members (excludes halogenated alkanes) is 3. The van der Waals surface area contributed by atoms with Gasteiger partial charge in [0.05, 0.1) is 37.7 Å². The van der Waals surface area contributed by atoms with Crippen LogP contribution in [-0.2, 0) is 28.3 Å². The van der Waals surface area contributed by atoms with E-state index in [2.05, 4.69) is 72.6 Å². The molecule has 0 radical (unpaired) electrons. The molecule has 1 amide bonds. The van der Waals surface area contributed by atoms with E-state index in [9.17, 15) is 29.1 Å². The number of aliphatic hydroxyl groups is 1. The molecule has 1 unspecified atom stereocenters. The summed E-state index contributed by atoms with van der Waals surface area (Å²) in [4.78, 5) is 65.8. The first kappa shape index (κ1) is 48.0. The molecule has 4 atom stereocenters. The van der Waals surface area contributed by atoms with E-state index < -0.39 is 63.9 Å². The van der Waals surface area contributed by atoms with Crippen molar-refractivity contribution in [3.8, 4) is 0 Å². The predicted molar refractivity (Wildman–Crippen MR) is 220 cm³/mol. The fourth-order valence-corrected chi connectivity index (χ4v) is 19.0. The lowest BCUT2D eigenvalue weighted by Crippen LogP contribution is -2.54. The highest BCUT2D eigenvalue weighted by Crippen LogP contribution is 2.61. The van der Waals surface area contributed by atoms with E-state index >= 15 is 0 Å². The average Bonchev–Trinajstić information content (AvgIpc) is 3.45. The Morgan fingerprint density at radius 3 is 1.89 bits per heavy atom. The Balaban J connectivity index is 2.05. The van der Waals surface area contributed by atoms with Crippen LogP contribution in [0.5, 0.6) is 0 Å². The van der Waals surface area contributed by atoms with Crippen molar-refractivity contribution in [2.45, 2.75) is 174 Å². The van der Waals surface area contributed by atoms with Crippen molar-refractivity contribution in [3.63, 3.8) is 0 Å². The molecular formula is C40H73N3O9PSi+. The fourth-order valence-electron chi connectivity index (χ4n) is 8.33. The highest BCUT2D eigenvalue weighted by atomic mass is 31.2. The summed E-state index contributed by atoms with van der Waals surface area (Å²) in [6, 6.07) is 1.20. The molecule has 1 aliphatic rings. The molecule has 2 heterocycles. The van der Waals surface area contributed by atoms with E-state index in [1.54, 1.807) is 0 Å². The Hall–Kier alpha value is -2.18. The minimum Gasteiger partial charge on any atom is -0.457 e. The minimum atomic E-state index is -2.66. The number of nitrogens with zero attached hydrogens (tertiary/aromatic N) is 1. The number of ketones is 1. The van der Waals surface area contributed by atoms with E-state index in [0.717, 1.165) is 6.42 Å². The molecule has 0 bridgehead atoms. The summed E-state index contributed by atoms with van der Waals surface area (Å²) in [5.41, 5.74) is -0.867. The molecule has 14 heteroatoms. The first-order chi connectivity index (χ1) is 25.6. The lowest BCUT2D eigenvalue weighted by Gasteiger charge is -2.45. The van der Waals surface area contributed by atoms with Crippen molar-refractivity contribution in [3.05, 3.63) is 33.1 Å². The summed E-state index contributed by atoms with van der Waals surface area (Å²) in [7, 11) is -3.69. The summed E-state index contributed by atoms with van der Waals surface area (Å²) in [6.07, 6.45) is 10.6. The molecule has 0 saturated carbocycles. The average molecular weight is 799 g/mol. The zero-order chi connectivity index (χ0) is 40.5. The monoisotopic (exact) mass is 798 g/mol. The van der Waals surface area contributed by atoms with Crippen molar-refractivity contribution in [2.75, 3.05) is 37.8 Å². The van der Waals surface area contributed by atoms with Gasteiger partial charge in [0, 0.05) is 45.3 Å². The van der Waals surface area contributed by atoms with Gasteiger partial charge in [-0.05, 0) is 42.3 Å². The van der Waals surface area contributed by atoms with Gasteiger partial charge in [0.1, 0.15) is 18.0 Å². The zero-order valence-electron chi connectivity index (χ0n) is 34.8. The largest absolute Gasteiger partial charge is 0.457 e. The first-order valence-corrected chi connectivity index (χ1v) is 25.4. The molecule has 2 rings (SSSR count). The number of nitrogens with one attached hydrogen (secondary N) is 2. The molecule has 0 aliphatic carbocycles. The standard InChI is InChI=1S/C40H72N3O9PSi/c1-10-13-24-53(25-14-11-2,26-15-12-3)27-16-22-41-34(46)19-17-32(45)18-20-36(48)51-37-33(28-44)50-39(43-23-21-35(47)42-40(43)49)38(37)52-54(29(4)5,30(6)7)31(8)9/h21,23,29-31,33,37-39,44H,10-20,22,24-28H2,1-9H3,(H-,41,42,46,47,49)/p+1/t33-,37?,38+,39-/m1/s1. The van der Waals surface area contributed by atoms with E-state index in [0.29, 0.717) is 6.54 Å². The fraction of sp³-hybridized carbons (Fsp3) is 0.825. The molecular weight excluding hydrogens is 726 g/mol. The number of carbonyl (C=O) groups is 3. The van der Waals surface area contributed by atoms with Gasteiger partial charge in [0.15, 0.2) is 12.3 Å². The maximum absolute atomic E-state index is 13.3. The van der Waals surface area contributed by atoms with Crippen LogP contribution in [0.25, 0.3) is 0 Å². The number of rotatable bonds is 27.